The number of nitrogens with one attached hydrogen (secondary N) is 2. The van der Waals surface area contributed by atoms with Gasteiger partial charge in [0.2, 0.25) is 5.91 Å². The van der Waals surface area contributed by atoms with Gasteiger partial charge in [0.25, 0.3) is 5.56 Å². The van der Waals surface area contributed by atoms with Crippen LogP contribution >= 0.6 is 0 Å². The molecule has 0 radical (unpaired) electrons. The molecule has 6 heteroatoms. The van der Waals surface area contributed by atoms with Crippen LogP contribution in [0.15, 0.2) is 21.9 Å². The minimum atomic E-state index is -0.555. The van der Waals surface area contributed by atoms with Crippen LogP contribution in [0.25, 0.3) is 0 Å². The molecule has 1 aromatic rings. The van der Waals surface area contributed by atoms with Crippen molar-refractivity contribution in [2.75, 3.05) is 0 Å². The number of carbonyl (C=O) groups is 1. The average molecular weight is 307 g/mol. The lowest BCUT2D eigenvalue weighted by Crippen LogP contribution is -2.47. The van der Waals surface area contributed by atoms with Crippen LogP contribution in [0.4, 0.5) is 0 Å². The Kier molecular flexibility index (Phi) is 5.21. The minimum Gasteiger partial charge on any atom is -0.352 e. The number of H-pyrrole nitrogens is 1. The van der Waals surface area contributed by atoms with Crippen molar-refractivity contribution in [3.63, 3.8) is 0 Å². The van der Waals surface area contributed by atoms with E-state index in [0.717, 1.165) is 12.8 Å². The second kappa shape index (κ2) is 6.94. The number of nitrogens with zero attached hydrogens (tertiary/aromatic N) is 1. The van der Waals surface area contributed by atoms with Gasteiger partial charge in [0.15, 0.2) is 0 Å². The fourth-order valence-corrected chi connectivity index (χ4v) is 3.34. The fraction of sp³-hybridized carbons (Fsp3) is 0.688. The van der Waals surface area contributed by atoms with Crippen molar-refractivity contribution in [2.24, 2.45) is 17.8 Å². The summed E-state index contributed by atoms with van der Waals surface area (Å²) in [5.74, 6) is 1.43. The van der Waals surface area contributed by atoms with E-state index < -0.39 is 11.2 Å². The highest BCUT2D eigenvalue weighted by Crippen LogP contribution is 2.33. The first-order valence-corrected chi connectivity index (χ1v) is 7.96. The van der Waals surface area contributed by atoms with Crippen molar-refractivity contribution in [1.29, 1.82) is 0 Å². The van der Waals surface area contributed by atoms with Gasteiger partial charge >= 0.3 is 5.69 Å². The van der Waals surface area contributed by atoms with Crippen molar-refractivity contribution in [3.05, 3.63) is 33.1 Å². The molecule has 1 saturated carbocycles. The molecule has 1 aliphatic carbocycles. The molecule has 2 rings (SSSR count). The molecule has 0 saturated heterocycles. The van der Waals surface area contributed by atoms with E-state index in [1.54, 1.807) is 0 Å². The number of carbonyl (C=O) groups excluding carboxylic acids is 1. The summed E-state index contributed by atoms with van der Waals surface area (Å²) in [6, 6.07) is 1.41. The van der Waals surface area contributed by atoms with E-state index in [1.165, 1.54) is 23.3 Å². The zero-order chi connectivity index (χ0) is 16.3. The van der Waals surface area contributed by atoms with Crippen molar-refractivity contribution >= 4 is 5.91 Å². The zero-order valence-corrected chi connectivity index (χ0v) is 13.5. The molecule has 1 aliphatic rings. The molecule has 0 aromatic carbocycles. The molecule has 0 unspecified atom stereocenters. The summed E-state index contributed by atoms with van der Waals surface area (Å²) >= 11 is 0. The smallest absolute Gasteiger partial charge is 0.328 e. The lowest BCUT2D eigenvalue weighted by molar-refractivity contribution is -0.123. The maximum Gasteiger partial charge on any atom is 0.328 e. The van der Waals surface area contributed by atoms with E-state index in [9.17, 15) is 14.4 Å². The Labute approximate surface area is 129 Å². The highest BCUT2D eigenvalue weighted by atomic mass is 16.2. The van der Waals surface area contributed by atoms with Gasteiger partial charge < -0.3 is 5.32 Å². The Hall–Kier alpha value is -1.85. The standard InChI is InChI=1S/C16H25N3O3/c1-10(2)12-5-4-11(3)8-13(12)17-15(21)9-19-7-6-14(20)18-16(19)22/h6-7,10-13H,4-5,8-9H2,1-3H3,(H,17,21)(H,18,20,22)/t11-,12-,13-/m1/s1. The van der Waals surface area contributed by atoms with E-state index in [4.69, 9.17) is 0 Å². The highest BCUT2D eigenvalue weighted by molar-refractivity contribution is 5.76. The second-order valence-electron chi connectivity index (χ2n) is 6.74. The molecule has 0 aliphatic heterocycles. The Morgan fingerprint density at radius 3 is 2.77 bits per heavy atom. The van der Waals surface area contributed by atoms with E-state index in [2.05, 4.69) is 31.1 Å². The number of aromatic amines is 1. The van der Waals surface area contributed by atoms with Crippen LogP contribution < -0.4 is 16.6 Å². The maximum absolute atomic E-state index is 12.2. The molecule has 0 bridgehead atoms. The van der Waals surface area contributed by atoms with Crippen molar-refractivity contribution in [1.82, 2.24) is 14.9 Å². The molecular weight excluding hydrogens is 282 g/mol. The van der Waals surface area contributed by atoms with Gasteiger partial charge in [-0.05, 0) is 30.6 Å². The average Bonchev–Trinajstić information content (AvgIpc) is 2.41. The van der Waals surface area contributed by atoms with Crippen LogP contribution in [-0.4, -0.2) is 21.5 Å². The third-order valence-corrected chi connectivity index (χ3v) is 4.58. The van der Waals surface area contributed by atoms with E-state index in [1.807, 2.05) is 0 Å². The van der Waals surface area contributed by atoms with Crippen LogP contribution in [0.5, 0.6) is 0 Å². The largest absolute Gasteiger partial charge is 0.352 e. The summed E-state index contributed by atoms with van der Waals surface area (Å²) in [7, 11) is 0. The molecule has 22 heavy (non-hydrogen) atoms. The first kappa shape index (κ1) is 16.5. The third-order valence-electron chi connectivity index (χ3n) is 4.58. The molecule has 1 amide bonds. The van der Waals surface area contributed by atoms with Crippen LogP contribution in [0, 0.1) is 17.8 Å². The van der Waals surface area contributed by atoms with Gasteiger partial charge in [-0.15, -0.1) is 0 Å². The first-order chi connectivity index (χ1) is 10.4. The number of amides is 1. The zero-order valence-electron chi connectivity index (χ0n) is 13.5. The predicted octanol–water partition coefficient (Wildman–Crippen LogP) is 1.11. The van der Waals surface area contributed by atoms with Crippen molar-refractivity contribution in [2.45, 2.75) is 52.6 Å². The molecular formula is C16H25N3O3. The molecule has 1 fully saturated rings. The molecule has 1 heterocycles. The van der Waals surface area contributed by atoms with Gasteiger partial charge in [0.1, 0.15) is 6.54 Å². The Morgan fingerprint density at radius 1 is 1.41 bits per heavy atom. The molecule has 2 N–H and O–H groups in total. The summed E-state index contributed by atoms with van der Waals surface area (Å²) in [4.78, 5) is 37.0. The third kappa shape index (κ3) is 4.08. The Balaban J connectivity index is 2.03. The maximum atomic E-state index is 12.2. The normalized spacial score (nSPS) is 25.2. The fourth-order valence-electron chi connectivity index (χ4n) is 3.34. The Bertz CT molecular complexity index is 632. The summed E-state index contributed by atoms with van der Waals surface area (Å²) in [5.41, 5.74) is -1.01. The lowest BCUT2D eigenvalue weighted by Gasteiger charge is -2.37. The molecule has 0 spiro atoms. The number of aromatic nitrogens is 2. The molecule has 6 nitrogen and oxygen atoms in total. The summed E-state index contributed by atoms with van der Waals surface area (Å²) in [6.45, 7) is 6.52. The van der Waals surface area contributed by atoms with Gasteiger partial charge in [-0.25, -0.2) is 4.79 Å². The topological polar surface area (TPSA) is 84.0 Å². The molecule has 3 atom stereocenters. The summed E-state index contributed by atoms with van der Waals surface area (Å²) in [5, 5.41) is 3.08. The minimum absolute atomic E-state index is 0.0642. The molecule has 122 valence electrons. The lowest BCUT2D eigenvalue weighted by atomic mass is 9.74. The van der Waals surface area contributed by atoms with Gasteiger partial charge in [-0.1, -0.05) is 27.2 Å². The monoisotopic (exact) mass is 307 g/mol. The van der Waals surface area contributed by atoms with E-state index in [-0.39, 0.29) is 18.5 Å². The van der Waals surface area contributed by atoms with Crippen molar-refractivity contribution < 1.29 is 4.79 Å². The number of hydrogen-bond acceptors (Lipinski definition) is 3. The van der Waals surface area contributed by atoms with Crippen LogP contribution in [0.3, 0.4) is 0 Å². The van der Waals surface area contributed by atoms with Crippen LogP contribution in [0.1, 0.15) is 40.0 Å². The van der Waals surface area contributed by atoms with E-state index in [0.29, 0.717) is 17.8 Å². The summed E-state index contributed by atoms with van der Waals surface area (Å²) in [6.07, 6.45) is 4.66. The second-order valence-corrected chi connectivity index (χ2v) is 6.74. The van der Waals surface area contributed by atoms with Gasteiger partial charge in [0, 0.05) is 18.3 Å². The van der Waals surface area contributed by atoms with Crippen LogP contribution in [-0.2, 0) is 11.3 Å². The number of hydrogen-bond donors (Lipinski definition) is 2. The Morgan fingerprint density at radius 2 is 2.14 bits per heavy atom. The van der Waals surface area contributed by atoms with Gasteiger partial charge in [-0.3, -0.25) is 19.1 Å². The quantitative estimate of drug-likeness (QED) is 0.874. The number of rotatable bonds is 4. The summed E-state index contributed by atoms with van der Waals surface area (Å²) < 4.78 is 1.22. The molecule has 1 aromatic heterocycles. The van der Waals surface area contributed by atoms with Gasteiger partial charge in [0.05, 0.1) is 0 Å². The van der Waals surface area contributed by atoms with Crippen molar-refractivity contribution in [3.8, 4) is 0 Å². The predicted molar refractivity (Wildman–Crippen MR) is 84.6 cm³/mol. The van der Waals surface area contributed by atoms with Gasteiger partial charge in [-0.2, -0.15) is 0 Å². The van der Waals surface area contributed by atoms with E-state index >= 15 is 0 Å². The first-order valence-electron chi connectivity index (χ1n) is 7.96. The highest BCUT2D eigenvalue weighted by Gasteiger charge is 2.31. The van der Waals surface area contributed by atoms with Crippen LogP contribution in [0.2, 0.25) is 0 Å². The SMILES string of the molecule is CC(C)[C@H]1CC[C@@H](C)C[C@H]1NC(=O)Cn1ccc(=O)[nH]c1=O.